The quantitative estimate of drug-likeness (QED) is 0.834. The lowest BCUT2D eigenvalue weighted by Crippen LogP contribution is -2.48. The van der Waals surface area contributed by atoms with Gasteiger partial charge in [-0.3, -0.25) is 0 Å². The summed E-state index contributed by atoms with van der Waals surface area (Å²) in [6, 6.07) is 1.25. The van der Waals surface area contributed by atoms with Gasteiger partial charge in [-0.25, -0.2) is 0 Å². The molecule has 6 heteroatoms. The normalized spacial score (nSPS) is 36.1. The van der Waals surface area contributed by atoms with Crippen molar-refractivity contribution in [1.29, 1.82) is 0 Å². The van der Waals surface area contributed by atoms with E-state index in [0.29, 0.717) is 6.04 Å². The van der Waals surface area contributed by atoms with Crippen LogP contribution in [-0.4, -0.2) is 55.5 Å². The fourth-order valence-corrected chi connectivity index (χ4v) is 4.56. The van der Waals surface area contributed by atoms with Crippen molar-refractivity contribution in [2.24, 2.45) is 5.92 Å². The van der Waals surface area contributed by atoms with Gasteiger partial charge >= 0.3 is 6.18 Å². The molecule has 0 unspecified atom stereocenters. The maximum atomic E-state index is 12.4. The van der Waals surface area contributed by atoms with Gasteiger partial charge < -0.3 is 15.0 Å². The average molecular weight is 334 g/mol. The van der Waals surface area contributed by atoms with E-state index in [4.69, 9.17) is 4.74 Å². The Morgan fingerprint density at radius 2 is 1.83 bits per heavy atom. The molecule has 3 aliphatic rings. The summed E-state index contributed by atoms with van der Waals surface area (Å²) in [7, 11) is 0. The van der Waals surface area contributed by atoms with Gasteiger partial charge in [0.1, 0.15) is 6.61 Å². The topological polar surface area (TPSA) is 24.5 Å². The van der Waals surface area contributed by atoms with Crippen LogP contribution >= 0.6 is 0 Å². The largest absolute Gasteiger partial charge is 0.411 e. The number of piperidine rings is 1. The molecular weight excluding hydrogens is 305 g/mol. The van der Waals surface area contributed by atoms with Crippen molar-refractivity contribution >= 4 is 0 Å². The number of halogens is 3. The number of nitrogens with one attached hydrogen (secondary N) is 1. The number of rotatable bonds is 5. The Kier molecular flexibility index (Phi) is 5.86. The molecule has 4 atom stereocenters. The monoisotopic (exact) mass is 334 g/mol. The molecule has 2 heterocycles. The Morgan fingerprint density at radius 1 is 1.00 bits per heavy atom. The SMILES string of the molecule is FC(F)(F)CO[C@@H]1CCCC[C@@H]1CN[C@H]1CCN2CCC[C@@H]2C1. The molecule has 1 N–H and O–H groups in total. The van der Waals surface area contributed by atoms with E-state index in [2.05, 4.69) is 10.2 Å². The first-order chi connectivity index (χ1) is 11.0. The van der Waals surface area contributed by atoms with Gasteiger partial charge in [-0.15, -0.1) is 0 Å². The maximum Gasteiger partial charge on any atom is 0.411 e. The molecule has 23 heavy (non-hydrogen) atoms. The van der Waals surface area contributed by atoms with E-state index >= 15 is 0 Å². The van der Waals surface area contributed by atoms with Gasteiger partial charge in [-0.2, -0.15) is 13.2 Å². The van der Waals surface area contributed by atoms with E-state index in [-0.39, 0.29) is 12.0 Å². The summed E-state index contributed by atoms with van der Waals surface area (Å²) in [4.78, 5) is 2.59. The number of alkyl halides is 3. The van der Waals surface area contributed by atoms with E-state index in [9.17, 15) is 13.2 Å². The lowest BCUT2D eigenvalue weighted by atomic mass is 9.85. The molecule has 2 saturated heterocycles. The third-order valence-electron chi connectivity index (χ3n) is 5.79. The lowest BCUT2D eigenvalue weighted by Gasteiger charge is -2.37. The number of ether oxygens (including phenoxy) is 1. The molecule has 3 nitrogen and oxygen atoms in total. The first-order valence-electron chi connectivity index (χ1n) is 9.17. The van der Waals surface area contributed by atoms with Crippen LogP contribution in [0.15, 0.2) is 0 Å². The van der Waals surface area contributed by atoms with E-state index in [0.717, 1.165) is 44.7 Å². The van der Waals surface area contributed by atoms with Crippen molar-refractivity contribution in [3.8, 4) is 0 Å². The van der Waals surface area contributed by atoms with Crippen LogP contribution in [0, 0.1) is 5.92 Å². The van der Waals surface area contributed by atoms with E-state index in [1.165, 1.54) is 32.4 Å². The van der Waals surface area contributed by atoms with Crippen LogP contribution in [0.3, 0.4) is 0 Å². The second kappa shape index (κ2) is 7.70. The highest BCUT2D eigenvalue weighted by Gasteiger charge is 2.34. The molecular formula is C17H29F3N2O. The second-order valence-electron chi connectivity index (χ2n) is 7.47. The third kappa shape index (κ3) is 5.07. The zero-order valence-corrected chi connectivity index (χ0v) is 13.8. The Morgan fingerprint density at radius 3 is 2.65 bits per heavy atom. The molecule has 1 saturated carbocycles. The fraction of sp³-hybridized carbons (Fsp3) is 1.00. The molecule has 3 rings (SSSR count). The van der Waals surface area contributed by atoms with E-state index in [1.807, 2.05) is 0 Å². The number of fused-ring (bicyclic) bond motifs is 1. The van der Waals surface area contributed by atoms with Gasteiger partial charge in [0, 0.05) is 18.6 Å². The van der Waals surface area contributed by atoms with Gasteiger partial charge in [-0.1, -0.05) is 12.8 Å². The fourth-order valence-electron chi connectivity index (χ4n) is 4.56. The highest BCUT2D eigenvalue weighted by Crippen LogP contribution is 2.30. The summed E-state index contributed by atoms with van der Waals surface area (Å²) in [5, 5.41) is 3.64. The Bertz CT molecular complexity index is 377. The van der Waals surface area contributed by atoms with Crippen LogP contribution in [0.4, 0.5) is 13.2 Å². The highest BCUT2D eigenvalue weighted by atomic mass is 19.4. The molecule has 0 bridgehead atoms. The summed E-state index contributed by atoms with van der Waals surface area (Å²) in [6.07, 6.45) is 4.37. The zero-order valence-electron chi connectivity index (χ0n) is 13.8. The molecule has 0 spiro atoms. The smallest absolute Gasteiger partial charge is 0.368 e. The van der Waals surface area contributed by atoms with Crippen molar-refractivity contribution in [2.45, 2.75) is 75.7 Å². The third-order valence-corrected chi connectivity index (χ3v) is 5.79. The van der Waals surface area contributed by atoms with Crippen LogP contribution < -0.4 is 5.32 Å². The molecule has 2 aliphatic heterocycles. The summed E-state index contributed by atoms with van der Waals surface area (Å²) < 4.78 is 42.4. The van der Waals surface area contributed by atoms with Crippen LogP contribution in [0.1, 0.15) is 51.4 Å². The average Bonchev–Trinajstić information content (AvgIpc) is 2.98. The van der Waals surface area contributed by atoms with E-state index < -0.39 is 12.8 Å². The molecule has 0 amide bonds. The van der Waals surface area contributed by atoms with Crippen LogP contribution in [0.2, 0.25) is 0 Å². The zero-order chi connectivity index (χ0) is 16.3. The second-order valence-corrected chi connectivity index (χ2v) is 7.47. The minimum atomic E-state index is -4.22. The Balaban J connectivity index is 1.43. The summed E-state index contributed by atoms with van der Waals surface area (Å²) in [6.45, 7) is 2.11. The van der Waals surface area contributed by atoms with Crippen LogP contribution in [-0.2, 0) is 4.74 Å². The Hall–Kier alpha value is -0.330. The molecule has 134 valence electrons. The van der Waals surface area contributed by atoms with Crippen LogP contribution in [0.25, 0.3) is 0 Å². The van der Waals surface area contributed by atoms with Crippen molar-refractivity contribution in [3.05, 3.63) is 0 Å². The standard InChI is InChI=1S/C17H29F3N2O/c18-17(19,20)12-23-16-6-2-1-4-13(16)11-21-14-7-9-22-8-3-5-15(22)10-14/h13-16,21H,1-12H2/t13-,14+,15-,16-/m1/s1. The number of hydrogen-bond donors (Lipinski definition) is 1. The van der Waals surface area contributed by atoms with Crippen molar-refractivity contribution in [3.63, 3.8) is 0 Å². The van der Waals surface area contributed by atoms with Gasteiger partial charge in [0.25, 0.3) is 0 Å². The van der Waals surface area contributed by atoms with Crippen LogP contribution in [0.5, 0.6) is 0 Å². The number of hydrogen-bond acceptors (Lipinski definition) is 3. The van der Waals surface area contributed by atoms with Crippen molar-refractivity contribution in [1.82, 2.24) is 10.2 Å². The van der Waals surface area contributed by atoms with Gasteiger partial charge in [-0.05, 0) is 57.5 Å². The Labute approximate surface area is 136 Å². The summed E-state index contributed by atoms with van der Waals surface area (Å²) in [5.74, 6) is 0.229. The number of nitrogens with zero attached hydrogens (tertiary/aromatic N) is 1. The molecule has 0 radical (unpaired) electrons. The van der Waals surface area contributed by atoms with Gasteiger partial charge in [0.15, 0.2) is 0 Å². The molecule has 3 fully saturated rings. The minimum absolute atomic E-state index is 0.229. The minimum Gasteiger partial charge on any atom is -0.368 e. The summed E-state index contributed by atoms with van der Waals surface area (Å²) in [5.41, 5.74) is 0. The maximum absolute atomic E-state index is 12.4. The molecule has 0 aromatic carbocycles. The molecule has 1 aliphatic carbocycles. The summed E-state index contributed by atoms with van der Waals surface area (Å²) >= 11 is 0. The lowest BCUT2D eigenvalue weighted by molar-refractivity contribution is -0.193. The first-order valence-corrected chi connectivity index (χ1v) is 9.17. The van der Waals surface area contributed by atoms with E-state index in [1.54, 1.807) is 0 Å². The molecule has 0 aromatic heterocycles. The molecule has 0 aromatic rings. The van der Waals surface area contributed by atoms with Crippen molar-refractivity contribution in [2.75, 3.05) is 26.2 Å². The van der Waals surface area contributed by atoms with Gasteiger partial charge in [0.05, 0.1) is 6.10 Å². The predicted octanol–water partition coefficient (Wildman–Crippen LogP) is 3.34. The highest BCUT2D eigenvalue weighted by molar-refractivity contribution is 4.90. The predicted molar refractivity (Wildman–Crippen MR) is 83.4 cm³/mol. The van der Waals surface area contributed by atoms with Gasteiger partial charge in [0.2, 0.25) is 0 Å². The first kappa shape index (κ1) is 17.5. The van der Waals surface area contributed by atoms with Crippen molar-refractivity contribution < 1.29 is 17.9 Å².